The highest BCUT2D eigenvalue weighted by Gasteiger charge is 2.76. The van der Waals surface area contributed by atoms with Crippen LogP contribution in [0.4, 0.5) is 4.39 Å². The van der Waals surface area contributed by atoms with Crippen molar-refractivity contribution < 1.29 is 38.1 Å². The summed E-state index contributed by atoms with van der Waals surface area (Å²) in [6.45, 7) is 7.30. The van der Waals surface area contributed by atoms with Crippen molar-refractivity contribution >= 4 is 39.4 Å². The first kappa shape index (κ1) is 26.2. The zero-order valence-electron chi connectivity index (χ0n) is 20.6. The number of Topliss-reactive ketones (excluding diaryl/α,β-unsaturated/α-hetero) is 1. The molecule has 9 atom stereocenters. The quantitative estimate of drug-likeness (QED) is 0.419. The monoisotopic (exact) mass is 554 g/mol. The van der Waals surface area contributed by atoms with E-state index in [4.69, 9.17) is 9.47 Å². The van der Waals surface area contributed by atoms with E-state index >= 15 is 4.39 Å². The molecule has 0 radical (unpaired) electrons. The van der Waals surface area contributed by atoms with Gasteiger partial charge in [-0.25, -0.2) is 4.39 Å². The van der Waals surface area contributed by atoms with Crippen molar-refractivity contribution in [3.05, 3.63) is 23.8 Å². The van der Waals surface area contributed by atoms with Gasteiger partial charge in [-0.15, -0.1) is 0 Å². The molecule has 0 bridgehead atoms. The molecule has 4 rings (SSSR count). The van der Waals surface area contributed by atoms with Gasteiger partial charge in [0.25, 0.3) is 0 Å². The molecule has 0 aliphatic heterocycles. The predicted molar refractivity (Wildman–Crippen MR) is 127 cm³/mol. The normalized spacial score (nSPS) is 46.1. The van der Waals surface area contributed by atoms with Crippen molar-refractivity contribution in [1.82, 2.24) is 0 Å². The Hall–Kier alpha value is -1.87. The topological polar surface area (TPSA) is 107 Å². The summed E-state index contributed by atoms with van der Waals surface area (Å²) in [5.74, 6) is -3.32. The molecular formula is C26H32BrFO7. The van der Waals surface area contributed by atoms with Gasteiger partial charge in [0.15, 0.2) is 18.0 Å². The van der Waals surface area contributed by atoms with Crippen LogP contribution in [0.2, 0.25) is 0 Å². The number of carbonyl (C=O) groups excluding carboxylic acids is 4. The minimum atomic E-state index is -1.64. The molecule has 3 fully saturated rings. The summed E-state index contributed by atoms with van der Waals surface area (Å²) in [7, 11) is 0. The lowest BCUT2D eigenvalue weighted by Gasteiger charge is -2.64. The number of alkyl halides is 2. The molecule has 7 nitrogen and oxygen atoms in total. The summed E-state index contributed by atoms with van der Waals surface area (Å²) in [5.41, 5.74) is -3.32. The number of hydrogen-bond acceptors (Lipinski definition) is 7. The average Bonchev–Trinajstić information content (AvgIpc) is 2.97. The minimum Gasteiger partial charge on any atom is -0.458 e. The zero-order valence-corrected chi connectivity index (χ0v) is 22.2. The lowest BCUT2D eigenvalue weighted by Crippen LogP contribution is -2.70. The number of aliphatic hydroxyl groups excluding tert-OH is 1. The lowest BCUT2D eigenvalue weighted by molar-refractivity contribution is -0.202. The summed E-state index contributed by atoms with van der Waals surface area (Å²) in [6, 6.07) is 0. The second kappa shape index (κ2) is 8.33. The van der Waals surface area contributed by atoms with Gasteiger partial charge in [0.2, 0.25) is 5.78 Å². The fourth-order valence-corrected chi connectivity index (χ4v) is 8.92. The van der Waals surface area contributed by atoms with Crippen molar-refractivity contribution in [3.63, 3.8) is 0 Å². The number of halogens is 2. The summed E-state index contributed by atoms with van der Waals surface area (Å²) < 4.78 is 25.5. The largest absolute Gasteiger partial charge is 0.458 e. The third kappa shape index (κ3) is 3.36. The zero-order chi connectivity index (χ0) is 26.1. The van der Waals surface area contributed by atoms with Crippen LogP contribution in [0.1, 0.15) is 53.9 Å². The van der Waals surface area contributed by atoms with Gasteiger partial charge in [0.1, 0.15) is 6.17 Å². The standard InChI is InChI=1S/C26H32BrFO7/c1-13-8-17-18-10-20(28)19-9-16(31)6-7-23(19,4)25(18,27)21(32)11-24(17,5)26(13,35-15(3)30)22(33)12-34-14(2)29/h6-7,9,13,17-18,20-21,32H,8,10-12H2,1-5H3/t13-,17-,18-,20-,21?,23-,24-,25-,26-/m0/s1. The average molecular weight is 555 g/mol. The first-order chi connectivity index (χ1) is 16.1. The molecule has 3 saturated carbocycles. The van der Waals surface area contributed by atoms with Gasteiger partial charge >= 0.3 is 11.9 Å². The van der Waals surface area contributed by atoms with E-state index in [1.165, 1.54) is 26.0 Å². The molecule has 0 aromatic heterocycles. The highest BCUT2D eigenvalue weighted by atomic mass is 79.9. The number of ether oxygens (including phenoxy) is 2. The minimum absolute atomic E-state index is 0.0477. The van der Waals surface area contributed by atoms with Crippen LogP contribution in [0.25, 0.3) is 0 Å². The van der Waals surface area contributed by atoms with Crippen LogP contribution in [0.5, 0.6) is 0 Å². The van der Waals surface area contributed by atoms with Gasteiger partial charge in [0.05, 0.1) is 10.4 Å². The Kier molecular flexibility index (Phi) is 6.24. The maximum Gasteiger partial charge on any atom is 0.303 e. The first-order valence-electron chi connectivity index (χ1n) is 12.0. The molecule has 9 heteroatoms. The van der Waals surface area contributed by atoms with E-state index in [2.05, 4.69) is 15.9 Å². The Morgan fingerprint density at radius 2 is 1.83 bits per heavy atom. The van der Waals surface area contributed by atoms with Crippen molar-refractivity contribution in [1.29, 1.82) is 0 Å². The number of fused-ring (bicyclic) bond motifs is 5. The number of ketones is 2. The fraction of sp³-hybridized carbons (Fsp3) is 0.692. The molecule has 4 aliphatic carbocycles. The summed E-state index contributed by atoms with van der Waals surface area (Å²) in [6.07, 6.45) is 2.53. The summed E-state index contributed by atoms with van der Waals surface area (Å²) in [5, 5.41) is 11.7. The molecule has 4 aliphatic rings. The van der Waals surface area contributed by atoms with Gasteiger partial charge in [-0.2, -0.15) is 0 Å². The smallest absolute Gasteiger partial charge is 0.303 e. The number of aliphatic hydroxyl groups is 1. The fourth-order valence-electron chi connectivity index (χ4n) is 7.89. The highest BCUT2D eigenvalue weighted by molar-refractivity contribution is 9.10. The van der Waals surface area contributed by atoms with Crippen LogP contribution in [-0.4, -0.2) is 57.4 Å². The third-order valence-electron chi connectivity index (χ3n) is 9.29. The van der Waals surface area contributed by atoms with Crippen molar-refractivity contribution in [2.45, 2.75) is 76.1 Å². The van der Waals surface area contributed by atoms with Gasteiger partial charge in [0, 0.05) is 30.6 Å². The van der Waals surface area contributed by atoms with Crippen molar-refractivity contribution in [2.75, 3.05) is 6.61 Å². The molecule has 35 heavy (non-hydrogen) atoms. The molecule has 0 spiro atoms. The van der Waals surface area contributed by atoms with E-state index < -0.39 is 69.2 Å². The number of hydrogen-bond donors (Lipinski definition) is 1. The van der Waals surface area contributed by atoms with Gasteiger partial charge in [-0.05, 0) is 48.8 Å². The van der Waals surface area contributed by atoms with Crippen LogP contribution >= 0.6 is 15.9 Å². The highest BCUT2D eigenvalue weighted by Crippen LogP contribution is 2.72. The molecule has 192 valence electrons. The Bertz CT molecular complexity index is 1050. The van der Waals surface area contributed by atoms with E-state index in [1.807, 2.05) is 20.8 Å². The van der Waals surface area contributed by atoms with Gasteiger partial charge in [-0.3, -0.25) is 19.2 Å². The molecule has 0 aromatic rings. The van der Waals surface area contributed by atoms with E-state index in [-0.39, 0.29) is 24.5 Å². The first-order valence-corrected chi connectivity index (χ1v) is 12.8. The molecule has 1 N–H and O–H groups in total. The number of carbonyl (C=O) groups is 4. The van der Waals surface area contributed by atoms with Crippen molar-refractivity contribution in [2.24, 2.45) is 28.6 Å². The van der Waals surface area contributed by atoms with E-state index in [0.717, 1.165) is 0 Å². The second-order valence-corrected chi connectivity index (χ2v) is 12.3. The predicted octanol–water partition coefficient (Wildman–Crippen LogP) is 3.41. The number of rotatable bonds is 4. The van der Waals surface area contributed by atoms with Crippen molar-refractivity contribution in [3.8, 4) is 0 Å². The van der Waals surface area contributed by atoms with Crippen LogP contribution in [0.3, 0.4) is 0 Å². The van der Waals surface area contributed by atoms with Gasteiger partial charge < -0.3 is 14.6 Å². The molecule has 0 saturated heterocycles. The van der Waals surface area contributed by atoms with Crippen LogP contribution < -0.4 is 0 Å². The summed E-state index contributed by atoms with van der Waals surface area (Å²) in [4.78, 5) is 49.4. The lowest BCUT2D eigenvalue weighted by atomic mass is 9.45. The van der Waals surface area contributed by atoms with Crippen LogP contribution in [-0.2, 0) is 28.7 Å². The van der Waals surface area contributed by atoms with Crippen LogP contribution in [0, 0.1) is 28.6 Å². The van der Waals surface area contributed by atoms with E-state index in [1.54, 1.807) is 6.08 Å². The maximum atomic E-state index is 15.7. The molecular weight excluding hydrogens is 523 g/mol. The van der Waals surface area contributed by atoms with E-state index in [9.17, 15) is 24.3 Å². The number of allylic oxidation sites excluding steroid dienone is 4. The number of esters is 2. The maximum absolute atomic E-state index is 15.7. The Balaban J connectivity index is 1.85. The Labute approximate surface area is 212 Å². The van der Waals surface area contributed by atoms with Crippen LogP contribution in [0.15, 0.2) is 23.8 Å². The Morgan fingerprint density at radius 3 is 2.43 bits per heavy atom. The Morgan fingerprint density at radius 1 is 1.17 bits per heavy atom. The molecule has 0 amide bonds. The molecule has 0 aromatic carbocycles. The molecule has 1 unspecified atom stereocenters. The van der Waals surface area contributed by atoms with E-state index in [0.29, 0.717) is 12.0 Å². The third-order valence-corrected chi connectivity index (χ3v) is 11.2. The SMILES string of the molecule is CC(=O)OCC(=O)[C@@]1(OC(C)=O)[C@@H](C)C[C@H]2[C@@H]3C[C@H](F)C4=CC(=O)C=C[C@]4(C)[C@@]3(Br)C(O)C[C@@]21C. The summed E-state index contributed by atoms with van der Waals surface area (Å²) >= 11 is 3.86. The second-order valence-electron chi connectivity index (χ2n) is 11.0. The molecule has 0 heterocycles. The van der Waals surface area contributed by atoms with Gasteiger partial charge in [-0.1, -0.05) is 42.8 Å².